The summed E-state index contributed by atoms with van der Waals surface area (Å²) in [7, 11) is 0. The molecule has 12 aromatic rings. The van der Waals surface area contributed by atoms with Gasteiger partial charge in [0.15, 0.2) is 28.6 Å². The van der Waals surface area contributed by atoms with Crippen LogP contribution in [0.25, 0.3) is 51.5 Å². The molecule has 0 saturated carbocycles. The van der Waals surface area contributed by atoms with Crippen molar-refractivity contribution in [3.63, 3.8) is 0 Å². The number of hydrogen-bond acceptors (Lipinski definition) is 15. The van der Waals surface area contributed by atoms with Crippen LogP contribution in [0.15, 0.2) is 129 Å². The number of rotatable bonds is 11. The van der Waals surface area contributed by atoms with Crippen molar-refractivity contribution in [2.75, 3.05) is 17.2 Å². The van der Waals surface area contributed by atoms with Crippen LogP contribution in [0.5, 0.6) is 0 Å². The number of anilines is 3. The molecular formula is C49H38F9N21. The van der Waals surface area contributed by atoms with Gasteiger partial charge in [0.1, 0.15) is 47.6 Å². The predicted molar refractivity (Wildman–Crippen MR) is 265 cm³/mol. The normalized spacial score (nSPS) is 11.8. The average molecular weight is 1090 g/mol. The van der Waals surface area contributed by atoms with Crippen molar-refractivity contribution in [3.8, 4) is 34.6 Å². The summed E-state index contributed by atoms with van der Waals surface area (Å²) < 4.78 is 125. The van der Waals surface area contributed by atoms with Gasteiger partial charge in [-0.3, -0.25) is 5.10 Å². The standard InChI is InChI=1S/2C17H13F4N7.C15H12FN7/c18-11-4-2-1-3-10(11)7-12-15-23-5-6-27(15)8-13(24-12)14-25-16(22)28(26-14)9-17(19,20)21;18-11-4-2-1-3-10(11)7-12-14-23-5-6-27(14)8-13(24-12)15-25-16(22)26-28(15)9-17(19,20)21;16-10-4-2-1-3-9(10)7-11-14-18-5-6-23(14)8-12(19-11)13-20-15(17)22-21-13/h1-6,8H,7,9H2,(H2,22,25,26);1-6,8H,7,9H2,(H2,22,26);1-6,8H,7H2,(H3,17,20,21,22). The molecule has 0 fully saturated rings. The molecule has 0 aliphatic heterocycles. The quantitative estimate of drug-likeness (QED) is 0.0911. The minimum absolute atomic E-state index is 0.0628. The van der Waals surface area contributed by atoms with E-state index in [-0.39, 0.29) is 59.5 Å². The van der Waals surface area contributed by atoms with Gasteiger partial charge in [-0.2, -0.15) is 41.3 Å². The summed E-state index contributed by atoms with van der Waals surface area (Å²) in [6.07, 6.45) is 6.11. The highest BCUT2D eigenvalue weighted by atomic mass is 19.4. The van der Waals surface area contributed by atoms with Gasteiger partial charge in [0.25, 0.3) is 0 Å². The van der Waals surface area contributed by atoms with Crippen molar-refractivity contribution in [1.29, 1.82) is 0 Å². The number of fused-ring (bicyclic) bond motifs is 3. The molecule has 0 amide bonds. The molecule has 21 nitrogen and oxygen atoms in total. The fourth-order valence-corrected chi connectivity index (χ4v) is 8.11. The Morgan fingerprint density at radius 3 is 1.35 bits per heavy atom. The first-order valence-corrected chi connectivity index (χ1v) is 23.2. The molecular weight excluding hydrogens is 1050 g/mol. The molecule has 0 atom stereocenters. The lowest BCUT2D eigenvalue weighted by Crippen LogP contribution is -2.20. The summed E-state index contributed by atoms with van der Waals surface area (Å²) in [5, 5.41) is 13.9. The summed E-state index contributed by atoms with van der Waals surface area (Å²) in [6, 6.07) is 19.0. The highest BCUT2D eigenvalue weighted by Gasteiger charge is 2.32. The van der Waals surface area contributed by atoms with Crippen LogP contribution in [0, 0.1) is 17.5 Å². The lowest BCUT2D eigenvalue weighted by atomic mass is 10.1. The Bertz CT molecular complexity index is 4110. The van der Waals surface area contributed by atoms with Crippen molar-refractivity contribution in [3.05, 3.63) is 180 Å². The van der Waals surface area contributed by atoms with E-state index < -0.39 is 37.1 Å². The number of nitrogens with two attached hydrogens (primary N) is 3. The van der Waals surface area contributed by atoms with Crippen LogP contribution in [0.4, 0.5) is 57.4 Å². The SMILES string of the molecule is Nc1n[nH]c(-c2cn3ccnc3c(Cc3ccccc3F)n2)n1.Nc1nc(-c2cn3ccnc3c(Cc3ccccc3F)n2)n(CC(F)(F)F)n1.Nc1nc(-c2cn3ccnc3c(Cc3ccccc3F)n2)nn1CC(F)(F)F. The molecule has 3 aromatic carbocycles. The summed E-state index contributed by atoms with van der Waals surface area (Å²) in [5.41, 5.74) is 21.9. The third kappa shape index (κ3) is 12.1. The number of benzene rings is 3. The average Bonchev–Trinajstić information content (AvgIpc) is 4.32. The lowest BCUT2D eigenvalue weighted by molar-refractivity contribution is -0.143. The molecule has 0 radical (unpaired) electrons. The molecule has 12 rings (SSSR count). The molecule has 0 saturated heterocycles. The topological polar surface area (TPSA) is 272 Å². The van der Waals surface area contributed by atoms with Gasteiger partial charge in [0.05, 0.1) is 17.1 Å². The first-order valence-electron chi connectivity index (χ1n) is 23.2. The van der Waals surface area contributed by atoms with Crippen molar-refractivity contribution in [2.24, 2.45) is 0 Å². The molecule has 9 aromatic heterocycles. The summed E-state index contributed by atoms with van der Waals surface area (Å²) in [5.74, 6) is -1.37. The Kier molecular flexibility index (Phi) is 14.1. The second kappa shape index (κ2) is 21.4. The Balaban J connectivity index is 0.000000134. The van der Waals surface area contributed by atoms with Crippen molar-refractivity contribution >= 4 is 34.8 Å². The number of imidazole rings is 3. The van der Waals surface area contributed by atoms with Crippen molar-refractivity contribution < 1.29 is 39.5 Å². The van der Waals surface area contributed by atoms with Crippen LogP contribution >= 0.6 is 0 Å². The predicted octanol–water partition coefficient (Wildman–Crippen LogP) is 7.55. The van der Waals surface area contributed by atoms with Gasteiger partial charge in [0.2, 0.25) is 23.7 Å². The zero-order valence-electron chi connectivity index (χ0n) is 40.4. The van der Waals surface area contributed by atoms with Crippen LogP contribution in [0.2, 0.25) is 0 Å². The lowest BCUT2D eigenvalue weighted by Gasteiger charge is -2.10. The largest absolute Gasteiger partial charge is 0.408 e. The maximum Gasteiger partial charge on any atom is 0.408 e. The third-order valence-corrected chi connectivity index (χ3v) is 11.5. The zero-order chi connectivity index (χ0) is 55.6. The molecule has 79 heavy (non-hydrogen) atoms. The molecule has 0 bridgehead atoms. The van der Waals surface area contributed by atoms with Crippen molar-refractivity contribution in [2.45, 2.75) is 44.7 Å². The molecule has 0 aliphatic rings. The third-order valence-electron chi connectivity index (χ3n) is 11.5. The van der Waals surface area contributed by atoms with E-state index >= 15 is 0 Å². The van der Waals surface area contributed by atoms with E-state index in [9.17, 15) is 39.5 Å². The first-order chi connectivity index (χ1) is 37.8. The molecule has 7 N–H and O–H groups in total. The minimum Gasteiger partial charge on any atom is -0.368 e. The second-order valence-corrected chi connectivity index (χ2v) is 17.2. The minimum atomic E-state index is -4.51. The Morgan fingerprint density at radius 1 is 0.468 bits per heavy atom. The van der Waals surface area contributed by atoms with Crippen LogP contribution in [0.3, 0.4) is 0 Å². The highest BCUT2D eigenvalue weighted by molar-refractivity contribution is 5.59. The number of aromatic amines is 1. The number of nitrogens with zero attached hydrogens (tertiary/aromatic N) is 17. The van der Waals surface area contributed by atoms with E-state index in [2.05, 4.69) is 65.3 Å². The van der Waals surface area contributed by atoms with E-state index in [0.29, 0.717) is 78.0 Å². The zero-order valence-corrected chi connectivity index (χ0v) is 40.4. The van der Waals surface area contributed by atoms with Gasteiger partial charge < -0.3 is 30.4 Å². The summed E-state index contributed by atoms with van der Waals surface area (Å²) in [4.78, 5) is 37.9. The van der Waals surface area contributed by atoms with Gasteiger partial charge in [0, 0.05) is 75.0 Å². The van der Waals surface area contributed by atoms with Gasteiger partial charge >= 0.3 is 12.4 Å². The van der Waals surface area contributed by atoms with Crippen LogP contribution in [0.1, 0.15) is 33.8 Å². The Morgan fingerprint density at radius 2 is 0.899 bits per heavy atom. The van der Waals surface area contributed by atoms with E-state index in [4.69, 9.17) is 17.2 Å². The van der Waals surface area contributed by atoms with E-state index in [0.717, 1.165) is 0 Å². The second-order valence-electron chi connectivity index (χ2n) is 17.2. The first kappa shape index (κ1) is 52.2. The number of alkyl halides is 6. The fraction of sp³-hybridized carbons (Fsp3) is 0.143. The Hall–Kier alpha value is -10.3. The number of nitrogen functional groups attached to an aromatic ring is 3. The van der Waals surface area contributed by atoms with E-state index in [1.54, 1.807) is 94.4 Å². The number of H-pyrrole nitrogens is 1. The highest BCUT2D eigenvalue weighted by Crippen LogP contribution is 2.27. The van der Waals surface area contributed by atoms with Gasteiger partial charge in [-0.05, 0) is 34.9 Å². The van der Waals surface area contributed by atoms with E-state index in [1.807, 2.05) is 4.40 Å². The van der Waals surface area contributed by atoms with E-state index in [1.165, 1.54) is 43.0 Å². The molecule has 402 valence electrons. The van der Waals surface area contributed by atoms with Gasteiger partial charge in [-0.15, -0.1) is 15.3 Å². The van der Waals surface area contributed by atoms with Gasteiger partial charge in [-0.25, -0.2) is 52.4 Å². The number of halogens is 9. The molecule has 0 aliphatic carbocycles. The summed E-state index contributed by atoms with van der Waals surface area (Å²) in [6.45, 7) is -2.72. The van der Waals surface area contributed by atoms with Crippen LogP contribution in [-0.2, 0) is 32.4 Å². The van der Waals surface area contributed by atoms with Crippen LogP contribution < -0.4 is 17.2 Å². The molecule has 9 heterocycles. The van der Waals surface area contributed by atoms with Crippen LogP contribution in [-0.4, -0.2) is 100 Å². The summed E-state index contributed by atoms with van der Waals surface area (Å²) >= 11 is 0. The molecule has 0 spiro atoms. The molecule has 30 heteroatoms. The maximum absolute atomic E-state index is 14.1. The van der Waals surface area contributed by atoms with Gasteiger partial charge in [-0.1, -0.05) is 54.6 Å². The fourth-order valence-electron chi connectivity index (χ4n) is 8.11. The molecule has 0 unspecified atom stereocenters. The smallest absolute Gasteiger partial charge is 0.368 e. The number of hydrogen-bond donors (Lipinski definition) is 4. The number of nitrogens with one attached hydrogen (secondary N) is 1. The van der Waals surface area contributed by atoms with Crippen molar-refractivity contribution in [1.82, 2.24) is 87.8 Å². The monoisotopic (exact) mass is 1090 g/mol. The maximum atomic E-state index is 14.1. The number of aromatic nitrogens is 18. The Labute approximate surface area is 437 Å².